The molecule has 0 unspecified atom stereocenters. The van der Waals surface area contributed by atoms with Crippen molar-refractivity contribution in [3.63, 3.8) is 0 Å². The molecule has 3 N–H and O–H groups in total. The molecule has 24 heavy (non-hydrogen) atoms. The van der Waals surface area contributed by atoms with Crippen LogP contribution in [0, 0.1) is 11.3 Å². The fourth-order valence-corrected chi connectivity index (χ4v) is 2.47. The number of halogens is 1. The van der Waals surface area contributed by atoms with Crippen molar-refractivity contribution < 1.29 is 9.59 Å². The number of nitriles is 1. The Balaban J connectivity index is 2.02. The highest BCUT2D eigenvalue weighted by Gasteiger charge is 2.18. The largest absolute Gasteiger partial charge is 0.398 e. The number of nitrogens with two attached hydrogens (primary N) is 1. The predicted octanol–water partition coefficient (Wildman–Crippen LogP) is 1.43. The van der Waals surface area contributed by atoms with Gasteiger partial charge in [-0.2, -0.15) is 5.26 Å². The Morgan fingerprint density at radius 2 is 2.00 bits per heavy atom. The Hall–Kier alpha value is -2.72. The first kappa shape index (κ1) is 17.6. The molecule has 8 heteroatoms. The molecule has 1 aromatic rings. The second-order valence-corrected chi connectivity index (χ2v) is 5.79. The van der Waals surface area contributed by atoms with Crippen LogP contribution in [0.5, 0.6) is 0 Å². The molecular weight excluding hydrogens is 330 g/mol. The summed E-state index contributed by atoms with van der Waals surface area (Å²) in [6, 6.07) is 6.61. The zero-order valence-electron chi connectivity index (χ0n) is 13.3. The van der Waals surface area contributed by atoms with Crippen molar-refractivity contribution >= 4 is 34.8 Å². The average molecular weight is 348 g/mol. The van der Waals surface area contributed by atoms with Gasteiger partial charge in [0.25, 0.3) is 5.91 Å². The summed E-state index contributed by atoms with van der Waals surface area (Å²) >= 11 is 5.91. The lowest BCUT2D eigenvalue weighted by Crippen LogP contribution is -2.46. The van der Waals surface area contributed by atoms with Crippen LogP contribution in [-0.2, 0) is 9.59 Å². The molecule has 1 heterocycles. The summed E-state index contributed by atoms with van der Waals surface area (Å²) in [6.07, 6.45) is 1.52. The first-order valence-corrected chi connectivity index (χ1v) is 7.76. The quantitative estimate of drug-likeness (QED) is 0.489. The highest BCUT2D eigenvalue weighted by atomic mass is 35.5. The SMILES string of the molecule is CC(=O)N1CCN(/C=C(/C#N)C(=O)Nc2ccc(N)c(Cl)c2)CC1. The molecule has 0 aromatic heterocycles. The molecular formula is C16H18ClN5O2. The lowest BCUT2D eigenvalue weighted by Gasteiger charge is -2.33. The summed E-state index contributed by atoms with van der Waals surface area (Å²) < 4.78 is 0. The lowest BCUT2D eigenvalue weighted by atomic mass is 10.2. The van der Waals surface area contributed by atoms with Gasteiger partial charge in [0.1, 0.15) is 11.6 Å². The third kappa shape index (κ3) is 4.40. The number of amides is 2. The van der Waals surface area contributed by atoms with E-state index in [2.05, 4.69) is 5.32 Å². The van der Waals surface area contributed by atoms with Gasteiger partial charge in [-0.25, -0.2) is 0 Å². The molecule has 0 radical (unpaired) electrons. The molecule has 1 aliphatic rings. The van der Waals surface area contributed by atoms with Crippen LogP contribution in [-0.4, -0.2) is 47.8 Å². The summed E-state index contributed by atoms with van der Waals surface area (Å²) in [5.41, 5.74) is 6.48. The lowest BCUT2D eigenvalue weighted by molar-refractivity contribution is -0.130. The minimum absolute atomic E-state index is 0.0146. The minimum atomic E-state index is -0.521. The molecule has 1 saturated heterocycles. The van der Waals surface area contributed by atoms with Crippen LogP contribution in [0.1, 0.15) is 6.92 Å². The predicted molar refractivity (Wildman–Crippen MR) is 92.0 cm³/mol. The average Bonchev–Trinajstić information content (AvgIpc) is 2.56. The maximum Gasteiger partial charge on any atom is 0.267 e. The zero-order chi connectivity index (χ0) is 17.7. The molecule has 1 aromatic carbocycles. The van der Waals surface area contributed by atoms with Gasteiger partial charge in [-0.3, -0.25) is 9.59 Å². The minimum Gasteiger partial charge on any atom is -0.398 e. The van der Waals surface area contributed by atoms with Crippen LogP contribution in [0.3, 0.4) is 0 Å². The van der Waals surface area contributed by atoms with Crippen molar-refractivity contribution in [3.05, 3.63) is 35.0 Å². The van der Waals surface area contributed by atoms with E-state index in [1.54, 1.807) is 17.0 Å². The summed E-state index contributed by atoms with van der Waals surface area (Å²) in [6.45, 7) is 3.81. The van der Waals surface area contributed by atoms with E-state index in [-0.39, 0.29) is 11.5 Å². The second kappa shape index (κ2) is 7.70. The normalized spacial score (nSPS) is 15.0. The van der Waals surface area contributed by atoms with Crippen molar-refractivity contribution in [2.24, 2.45) is 0 Å². The van der Waals surface area contributed by atoms with Gasteiger partial charge < -0.3 is 20.9 Å². The van der Waals surface area contributed by atoms with Gasteiger partial charge >= 0.3 is 0 Å². The van der Waals surface area contributed by atoms with Gasteiger partial charge in [-0.05, 0) is 18.2 Å². The number of hydrogen-bond acceptors (Lipinski definition) is 5. The topological polar surface area (TPSA) is 102 Å². The zero-order valence-corrected chi connectivity index (χ0v) is 14.0. The maximum absolute atomic E-state index is 12.2. The molecule has 0 bridgehead atoms. The van der Waals surface area contributed by atoms with E-state index in [0.717, 1.165) is 0 Å². The Bertz CT molecular complexity index is 718. The fraction of sp³-hybridized carbons (Fsp3) is 0.312. The summed E-state index contributed by atoms with van der Waals surface area (Å²) in [7, 11) is 0. The standard InChI is InChI=1S/C16H18ClN5O2/c1-11(23)22-6-4-21(5-7-22)10-12(9-18)16(24)20-13-2-3-15(19)14(17)8-13/h2-3,8,10H,4-7,19H2,1H3,(H,20,24)/b12-10-. The van der Waals surface area contributed by atoms with Gasteiger partial charge in [0, 0.05) is 45.0 Å². The Morgan fingerprint density at radius 1 is 1.33 bits per heavy atom. The highest BCUT2D eigenvalue weighted by molar-refractivity contribution is 6.33. The molecule has 7 nitrogen and oxygen atoms in total. The first-order valence-electron chi connectivity index (χ1n) is 7.38. The van der Waals surface area contributed by atoms with Crippen LogP contribution in [0.15, 0.2) is 30.0 Å². The van der Waals surface area contributed by atoms with Gasteiger partial charge in [0.15, 0.2) is 0 Å². The van der Waals surface area contributed by atoms with E-state index in [1.807, 2.05) is 11.0 Å². The van der Waals surface area contributed by atoms with E-state index in [4.69, 9.17) is 17.3 Å². The molecule has 0 aliphatic carbocycles. The number of nitrogens with zero attached hydrogens (tertiary/aromatic N) is 3. The van der Waals surface area contributed by atoms with Crippen molar-refractivity contribution in [3.8, 4) is 6.07 Å². The number of piperazine rings is 1. The number of nitrogens with one attached hydrogen (secondary N) is 1. The van der Waals surface area contributed by atoms with Crippen molar-refractivity contribution in [1.29, 1.82) is 5.26 Å². The fourth-order valence-electron chi connectivity index (χ4n) is 2.29. The van der Waals surface area contributed by atoms with E-state index in [0.29, 0.717) is 42.6 Å². The molecule has 1 aliphatic heterocycles. The van der Waals surface area contributed by atoms with Crippen molar-refractivity contribution in [1.82, 2.24) is 9.80 Å². The molecule has 0 spiro atoms. The van der Waals surface area contributed by atoms with Gasteiger partial charge in [0.2, 0.25) is 5.91 Å². The van der Waals surface area contributed by atoms with E-state index >= 15 is 0 Å². The van der Waals surface area contributed by atoms with Crippen LogP contribution in [0.4, 0.5) is 11.4 Å². The Morgan fingerprint density at radius 3 is 2.54 bits per heavy atom. The third-order valence-electron chi connectivity index (χ3n) is 3.69. The number of nitrogen functional groups attached to an aromatic ring is 1. The molecule has 0 saturated carbocycles. The molecule has 0 atom stereocenters. The summed E-state index contributed by atoms with van der Waals surface area (Å²) in [4.78, 5) is 27.1. The van der Waals surface area contributed by atoms with E-state index < -0.39 is 5.91 Å². The second-order valence-electron chi connectivity index (χ2n) is 5.39. The number of benzene rings is 1. The monoisotopic (exact) mass is 347 g/mol. The molecule has 126 valence electrons. The van der Waals surface area contributed by atoms with Crippen LogP contribution < -0.4 is 11.1 Å². The molecule has 2 amide bonds. The molecule has 1 fully saturated rings. The Kier molecular flexibility index (Phi) is 5.66. The van der Waals surface area contributed by atoms with E-state index in [1.165, 1.54) is 19.2 Å². The third-order valence-corrected chi connectivity index (χ3v) is 4.02. The van der Waals surface area contributed by atoms with Gasteiger partial charge in [-0.1, -0.05) is 11.6 Å². The van der Waals surface area contributed by atoms with Crippen molar-refractivity contribution in [2.45, 2.75) is 6.92 Å². The van der Waals surface area contributed by atoms with E-state index in [9.17, 15) is 14.9 Å². The van der Waals surface area contributed by atoms with Crippen molar-refractivity contribution in [2.75, 3.05) is 37.2 Å². The Labute approximate surface area is 145 Å². The van der Waals surface area contributed by atoms with Crippen LogP contribution >= 0.6 is 11.6 Å². The number of carbonyl (C=O) groups is 2. The van der Waals surface area contributed by atoms with Crippen LogP contribution in [0.25, 0.3) is 0 Å². The number of anilines is 2. The summed E-state index contributed by atoms with van der Waals surface area (Å²) in [5, 5.41) is 12.2. The van der Waals surface area contributed by atoms with Gasteiger partial charge in [-0.15, -0.1) is 0 Å². The molecule has 2 rings (SSSR count). The van der Waals surface area contributed by atoms with Crippen LogP contribution in [0.2, 0.25) is 5.02 Å². The van der Waals surface area contributed by atoms with Gasteiger partial charge in [0.05, 0.1) is 10.7 Å². The first-order chi connectivity index (χ1) is 11.4. The highest BCUT2D eigenvalue weighted by Crippen LogP contribution is 2.22. The number of rotatable bonds is 3. The smallest absolute Gasteiger partial charge is 0.267 e. The number of carbonyl (C=O) groups excluding carboxylic acids is 2. The number of hydrogen-bond donors (Lipinski definition) is 2. The maximum atomic E-state index is 12.2. The summed E-state index contributed by atoms with van der Waals surface area (Å²) in [5.74, 6) is -0.496.